The first kappa shape index (κ1) is 20.2. The Morgan fingerprint density at radius 3 is 2.71 bits per heavy atom. The van der Waals surface area contributed by atoms with E-state index in [0.29, 0.717) is 18.1 Å². The highest BCUT2D eigenvalue weighted by Crippen LogP contribution is 2.05. The number of halogens is 1. The third-order valence-corrected chi connectivity index (χ3v) is 4.11. The average Bonchev–Trinajstić information content (AvgIpc) is 2.86. The fraction of sp³-hybridized carbons (Fsp3) is 0.562. The SMILES string of the molecule is CC(C)C(N)CCN(C)C(=O)CCn1nc2ccccn2c1=O.Cl. The van der Waals surface area contributed by atoms with Crippen LogP contribution in [0.3, 0.4) is 0 Å². The molecule has 1 atom stereocenters. The number of carbonyl (C=O) groups excluding carboxylic acids is 1. The van der Waals surface area contributed by atoms with E-state index in [1.807, 2.05) is 6.07 Å². The van der Waals surface area contributed by atoms with Gasteiger partial charge in [0.25, 0.3) is 0 Å². The molecule has 2 aromatic rings. The first-order chi connectivity index (χ1) is 10.9. The Morgan fingerprint density at radius 1 is 1.38 bits per heavy atom. The summed E-state index contributed by atoms with van der Waals surface area (Å²) >= 11 is 0. The summed E-state index contributed by atoms with van der Waals surface area (Å²) < 4.78 is 2.80. The first-order valence-corrected chi connectivity index (χ1v) is 7.94. The molecule has 2 rings (SSSR count). The molecule has 1 unspecified atom stereocenters. The van der Waals surface area contributed by atoms with Crippen molar-refractivity contribution >= 4 is 24.0 Å². The maximum atomic E-state index is 12.2. The van der Waals surface area contributed by atoms with Crippen LogP contribution >= 0.6 is 12.4 Å². The fourth-order valence-corrected chi connectivity index (χ4v) is 2.31. The molecule has 0 aliphatic carbocycles. The zero-order valence-electron chi connectivity index (χ0n) is 14.4. The van der Waals surface area contributed by atoms with Crippen LogP contribution in [0.5, 0.6) is 0 Å². The Labute approximate surface area is 147 Å². The Morgan fingerprint density at radius 2 is 2.08 bits per heavy atom. The molecule has 0 saturated heterocycles. The van der Waals surface area contributed by atoms with Gasteiger partial charge >= 0.3 is 5.69 Å². The molecule has 0 aliphatic heterocycles. The smallest absolute Gasteiger partial charge is 0.346 e. The normalized spacial score (nSPS) is 12.2. The number of nitrogens with two attached hydrogens (primary N) is 1. The Kier molecular flexibility index (Phi) is 7.44. The van der Waals surface area contributed by atoms with Crippen LogP contribution in [0, 0.1) is 5.92 Å². The molecule has 2 heterocycles. The molecular weight excluding hydrogens is 330 g/mol. The minimum absolute atomic E-state index is 0. The minimum Gasteiger partial charge on any atom is -0.346 e. The van der Waals surface area contributed by atoms with Crippen LogP contribution in [0.2, 0.25) is 0 Å². The van der Waals surface area contributed by atoms with E-state index in [1.54, 1.807) is 30.3 Å². The number of pyridine rings is 1. The van der Waals surface area contributed by atoms with Crippen LogP contribution < -0.4 is 11.4 Å². The lowest BCUT2D eigenvalue weighted by Crippen LogP contribution is -2.35. The summed E-state index contributed by atoms with van der Waals surface area (Å²) in [5.41, 5.74) is 6.36. The van der Waals surface area contributed by atoms with Gasteiger partial charge in [-0.1, -0.05) is 19.9 Å². The van der Waals surface area contributed by atoms with Gasteiger partial charge in [0, 0.05) is 32.3 Å². The maximum Gasteiger partial charge on any atom is 0.350 e. The molecule has 0 aliphatic rings. The van der Waals surface area contributed by atoms with Crippen LogP contribution in [-0.4, -0.2) is 44.6 Å². The van der Waals surface area contributed by atoms with Gasteiger partial charge in [-0.25, -0.2) is 9.48 Å². The highest BCUT2D eigenvalue weighted by molar-refractivity contribution is 5.85. The minimum atomic E-state index is -0.224. The summed E-state index contributed by atoms with van der Waals surface area (Å²) in [6, 6.07) is 5.45. The number of nitrogens with zero attached hydrogens (tertiary/aromatic N) is 4. The van der Waals surface area contributed by atoms with Gasteiger partial charge in [-0.15, -0.1) is 17.5 Å². The predicted molar refractivity (Wildman–Crippen MR) is 96.4 cm³/mol. The van der Waals surface area contributed by atoms with E-state index in [0.717, 1.165) is 6.42 Å². The molecule has 0 saturated carbocycles. The zero-order valence-corrected chi connectivity index (χ0v) is 15.2. The van der Waals surface area contributed by atoms with E-state index in [1.165, 1.54) is 9.08 Å². The van der Waals surface area contributed by atoms with Gasteiger partial charge in [-0.05, 0) is 24.5 Å². The van der Waals surface area contributed by atoms with Crippen LogP contribution in [-0.2, 0) is 11.3 Å². The number of hydrogen-bond acceptors (Lipinski definition) is 4. The topological polar surface area (TPSA) is 85.6 Å². The summed E-state index contributed by atoms with van der Waals surface area (Å²) in [5, 5.41) is 4.22. The van der Waals surface area contributed by atoms with Crippen molar-refractivity contribution in [3.63, 3.8) is 0 Å². The lowest BCUT2D eigenvalue weighted by Gasteiger charge is -2.21. The van der Waals surface area contributed by atoms with Gasteiger partial charge in [-0.2, -0.15) is 0 Å². The van der Waals surface area contributed by atoms with Crippen LogP contribution in [0.4, 0.5) is 0 Å². The van der Waals surface area contributed by atoms with E-state index in [-0.39, 0.29) is 43.0 Å². The summed E-state index contributed by atoms with van der Waals surface area (Å²) in [7, 11) is 1.77. The van der Waals surface area contributed by atoms with E-state index >= 15 is 0 Å². The third-order valence-electron chi connectivity index (χ3n) is 4.11. The molecular formula is C16H26ClN5O2. The molecule has 7 nitrogen and oxygen atoms in total. The van der Waals surface area contributed by atoms with Gasteiger partial charge in [0.2, 0.25) is 5.91 Å². The average molecular weight is 356 g/mol. The number of hydrogen-bond donors (Lipinski definition) is 1. The Hall–Kier alpha value is -1.86. The zero-order chi connectivity index (χ0) is 17.0. The van der Waals surface area contributed by atoms with Crippen molar-refractivity contribution in [2.24, 2.45) is 11.7 Å². The third kappa shape index (κ3) is 4.82. The molecule has 0 bridgehead atoms. The van der Waals surface area contributed by atoms with Gasteiger partial charge in [-0.3, -0.25) is 9.20 Å². The second-order valence-electron chi connectivity index (χ2n) is 6.20. The largest absolute Gasteiger partial charge is 0.350 e. The molecule has 8 heteroatoms. The van der Waals surface area contributed by atoms with Crippen molar-refractivity contribution < 1.29 is 4.79 Å². The van der Waals surface area contributed by atoms with E-state index in [9.17, 15) is 9.59 Å². The van der Waals surface area contributed by atoms with E-state index in [4.69, 9.17) is 5.73 Å². The number of fused-ring (bicyclic) bond motifs is 1. The van der Waals surface area contributed by atoms with Gasteiger partial charge < -0.3 is 10.6 Å². The highest BCUT2D eigenvalue weighted by atomic mass is 35.5. The summed E-state index contributed by atoms with van der Waals surface area (Å²) in [4.78, 5) is 26.0. The number of amides is 1. The van der Waals surface area contributed by atoms with Crippen LogP contribution in [0.1, 0.15) is 26.7 Å². The molecule has 2 aromatic heterocycles. The first-order valence-electron chi connectivity index (χ1n) is 7.94. The van der Waals surface area contributed by atoms with Crippen molar-refractivity contribution in [1.82, 2.24) is 19.1 Å². The second-order valence-corrected chi connectivity index (χ2v) is 6.20. The molecule has 24 heavy (non-hydrogen) atoms. The Bertz CT molecular complexity index is 725. The standard InChI is InChI=1S/C16H25N5O2.ClH/c1-12(2)13(17)7-10-19(3)15(22)8-11-21-16(23)20-9-5-4-6-14(20)18-21;/h4-6,9,12-13H,7-8,10-11,17H2,1-3H3;1H. The molecule has 134 valence electrons. The van der Waals surface area contributed by atoms with Crippen molar-refractivity contribution in [2.45, 2.75) is 39.3 Å². The quantitative estimate of drug-likeness (QED) is 0.807. The van der Waals surface area contributed by atoms with Crippen LogP contribution in [0.25, 0.3) is 5.65 Å². The molecule has 2 N–H and O–H groups in total. The molecule has 1 amide bonds. The van der Waals surface area contributed by atoms with Crippen molar-refractivity contribution in [3.8, 4) is 0 Å². The summed E-state index contributed by atoms with van der Waals surface area (Å²) in [5.74, 6) is 0.389. The van der Waals surface area contributed by atoms with E-state index < -0.39 is 0 Å². The van der Waals surface area contributed by atoms with Gasteiger partial charge in [0.05, 0.1) is 6.54 Å². The van der Waals surface area contributed by atoms with Gasteiger partial charge in [0.1, 0.15) is 0 Å². The Balaban J connectivity index is 0.00000288. The lowest BCUT2D eigenvalue weighted by atomic mass is 10.0. The number of aryl methyl sites for hydroxylation is 1. The summed E-state index contributed by atoms with van der Waals surface area (Å²) in [6.45, 7) is 5.04. The summed E-state index contributed by atoms with van der Waals surface area (Å²) in [6.07, 6.45) is 2.69. The molecule has 0 fully saturated rings. The molecule has 0 aromatic carbocycles. The number of aromatic nitrogens is 3. The van der Waals surface area contributed by atoms with Crippen molar-refractivity contribution in [3.05, 3.63) is 34.9 Å². The predicted octanol–water partition coefficient (Wildman–Crippen LogP) is 1.14. The van der Waals surface area contributed by atoms with E-state index in [2.05, 4.69) is 18.9 Å². The lowest BCUT2D eigenvalue weighted by molar-refractivity contribution is -0.130. The number of carbonyl (C=O) groups is 1. The monoisotopic (exact) mass is 355 g/mol. The maximum absolute atomic E-state index is 12.2. The van der Waals surface area contributed by atoms with Gasteiger partial charge in [0.15, 0.2) is 5.65 Å². The fourth-order valence-electron chi connectivity index (χ4n) is 2.31. The highest BCUT2D eigenvalue weighted by Gasteiger charge is 2.14. The second kappa shape index (κ2) is 8.84. The number of rotatable bonds is 7. The van der Waals surface area contributed by atoms with Crippen molar-refractivity contribution in [1.29, 1.82) is 0 Å². The van der Waals surface area contributed by atoms with Crippen molar-refractivity contribution in [2.75, 3.05) is 13.6 Å². The molecule has 0 radical (unpaired) electrons. The molecule has 0 spiro atoms. The van der Waals surface area contributed by atoms with Crippen LogP contribution in [0.15, 0.2) is 29.2 Å².